The van der Waals surface area contributed by atoms with E-state index < -0.39 is 17.8 Å². The fourth-order valence-electron chi connectivity index (χ4n) is 2.68. The monoisotopic (exact) mass is 352 g/mol. The van der Waals surface area contributed by atoms with Crippen LogP contribution in [0.3, 0.4) is 0 Å². The predicted molar refractivity (Wildman–Crippen MR) is 92.8 cm³/mol. The standard InChI is InChI=1S/C19H16N2O5/c1-12(22)26-14-6-4-5-13(11-14)20-17(23)9-10-21-18(24)15-7-2-3-8-16(15)19(21)25/h2-8,11H,9-10H2,1H3,(H,20,23). The molecule has 7 heteroatoms. The number of anilines is 1. The van der Waals surface area contributed by atoms with Crippen molar-refractivity contribution in [3.05, 3.63) is 59.7 Å². The van der Waals surface area contributed by atoms with Crippen molar-refractivity contribution in [3.8, 4) is 5.75 Å². The van der Waals surface area contributed by atoms with Gasteiger partial charge < -0.3 is 10.1 Å². The highest BCUT2D eigenvalue weighted by molar-refractivity contribution is 6.21. The van der Waals surface area contributed by atoms with Crippen molar-refractivity contribution in [2.75, 3.05) is 11.9 Å². The maximum Gasteiger partial charge on any atom is 0.308 e. The van der Waals surface area contributed by atoms with Gasteiger partial charge in [-0.15, -0.1) is 0 Å². The van der Waals surface area contributed by atoms with Gasteiger partial charge in [0, 0.05) is 31.6 Å². The molecule has 0 atom stereocenters. The van der Waals surface area contributed by atoms with Crippen LogP contribution < -0.4 is 10.1 Å². The van der Waals surface area contributed by atoms with Gasteiger partial charge >= 0.3 is 5.97 Å². The molecule has 0 aliphatic carbocycles. The molecule has 1 aliphatic heterocycles. The van der Waals surface area contributed by atoms with Gasteiger partial charge in [-0.25, -0.2) is 0 Å². The van der Waals surface area contributed by atoms with Crippen LogP contribution in [0.2, 0.25) is 0 Å². The number of imide groups is 1. The SMILES string of the molecule is CC(=O)Oc1cccc(NC(=O)CCN2C(=O)c3ccccc3C2=O)c1. The van der Waals surface area contributed by atoms with Crippen LogP contribution in [0, 0.1) is 0 Å². The second-order valence-corrected chi connectivity index (χ2v) is 5.73. The highest BCUT2D eigenvalue weighted by Crippen LogP contribution is 2.23. The van der Waals surface area contributed by atoms with Crippen molar-refractivity contribution in [2.45, 2.75) is 13.3 Å². The number of nitrogens with one attached hydrogen (secondary N) is 1. The molecule has 2 aromatic carbocycles. The molecule has 26 heavy (non-hydrogen) atoms. The Kier molecular flexibility index (Phi) is 4.79. The van der Waals surface area contributed by atoms with Crippen molar-refractivity contribution in [2.24, 2.45) is 0 Å². The molecule has 3 amide bonds. The number of carbonyl (C=O) groups excluding carboxylic acids is 4. The van der Waals surface area contributed by atoms with E-state index in [0.717, 1.165) is 4.90 Å². The molecule has 0 aromatic heterocycles. The molecule has 0 saturated carbocycles. The van der Waals surface area contributed by atoms with Crippen molar-refractivity contribution in [1.82, 2.24) is 4.90 Å². The maximum atomic E-state index is 12.3. The van der Waals surface area contributed by atoms with Gasteiger partial charge in [0.25, 0.3) is 11.8 Å². The minimum Gasteiger partial charge on any atom is -0.427 e. The third-order valence-corrected chi connectivity index (χ3v) is 3.82. The van der Waals surface area contributed by atoms with Gasteiger partial charge in [-0.1, -0.05) is 18.2 Å². The number of rotatable bonds is 5. The van der Waals surface area contributed by atoms with Gasteiger partial charge in [0.05, 0.1) is 11.1 Å². The number of fused-ring (bicyclic) bond motifs is 1. The molecule has 0 fully saturated rings. The Labute approximate surface area is 149 Å². The molecule has 3 rings (SSSR count). The Balaban J connectivity index is 1.59. The van der Waals surface area contributed by atoms with Crippen LogP contribution >= 0.6 is 0 Å². The zero-order chi connectivity index (χ0) is 18.7. The Morgan fingerprint density at radius 1 is 1.00 bits per heavy atom. The molecular weight excluding hydrogens is 336 g/mol. The Morgan fingerprint density at radius 2 is 1.65 bits per heavy atom. The first-order valence-corrected chi connectivity index (χ1v) is 7.99. The minimum absolute atomic E-state index is 0.0121. The van der Waals surface area contributed by atoms with Gasteiger partial charge in [0.15, 0.2) is 0 Å². The summed E-state index contributed by atoms with van der Waals surface area (Å²) < 4.78 is 4.95. The second kappa shape index (κ2) is 7.18. The third-order valence-electron chi connectivity index (χ3n) is 3.82. The molecule has 1 heterocycles. The molecule has 0 saturated heterocycles. The number of esters is 1. The van der Waals surface area contributed by atoms with Crippen LogP contribution in [0.15, 0.2) is 48.5 Å². The van der Waals surface area contributed by atoms with E-state index in [0.29, 0.717) is 22.6 Å². The van der Waals surface area contributed by atoms with Crippen LogP contribution in [0.25, 0.3) is 0 Å². The van der Waals surface area contributed by atoms with Gasteiger partial charge in [-0.3, -0.25) is 24.1 Å². The molecule has 0 unspecified atom stereocenters. The van der Waals surface area contributed by atoms with E-state index in [1.54, 1.807) is 42.5 Å². The molecule has 0 radical (unpaired) electrons. The molecular formula is C19H16N2O5. The summed E-state index contributed by atoms with van der Waals surface area (Å²) in [7, 11) is 0. The number of hydrogen-bond acceptors (Lipinski definition) is 5. The number of benzene rings is 2. The molecule has 132 valence electrons. The van der Waals surface area contributed by atoms with Crippen molar-refractivity contribution in [1.29, 1.82) is 0 Å². The first-order chi connectivity index (χ1) is 12.5. The Morgan fingerprint density at radius 3 is 2.27 bits per heavy atom. The van der Waals surface area contributed by atoms with Crippen LogP contribution in [0.5, 0.6) is 5.75 Å². The summed E-state index contributed by atoms with van der Waals surface area (Å²) >= 11 is 0. The number of amides is 3. The molecule has 7 nitrogen and oxygen atoms in total. The summed E-state index contributed by atoms with van der Waals surface area (Å²) in [6.45, 7) is 1.27. The third kappa shape index (κ3) is 3.61. The van der Waals surface area contributed by atoms with Crippen molar-refractivity contribution < 1.29 is 23.9 Å². The van der Waals surface area contributed by atoms with Crippen LogP contribution in [0.4, 0.5) is 5.69 Å². The lowest BCUT2D eigenvalue weighted by molar-refractivity contribution is -0.131. The summed E-state index contributed by atoms with van der Waals surface area (Å²) in [4.78, 5) is 48.7. The first-order valence-electron chi connectivity index (χ1n) is 7.99. The van der Waals surface area contributed by atoms with Crippen LogP contribution in [-0.2, 0) is 9.59 Å². The Bertz CT molecular complexity index is 871. The van der Waals surface area contributed by atoms with Crippen LogP contribution in [0.1, 0.15) is 34.1 Å². The summed E-state index contributed by atoms with van der Waals surface area (Å²) in [5.41, 5.74) is 1.16. The number of hydrogen-bond donors (Lipinski definition) is 1. The maximum absolute atomic E-state index is 12.3. The van der Waals surface area contributed by atoms with E-state index >= 15 is 0 Å². The average molecular weight is 352 g/mol. The number of carbonyl (C=O) groups is 4. The number of ether oxygens (including phenoxy) is 1. The summed E-state index contributed by atoms with van der Waals surface area (Å²) in [6.07, 6.45) is -0.0384. The summed E-state index contributed by atoms with van der Waals surface area (Å²) in [5, 5.41) is 2.65. The van der Waals surface area contributed by atoms with Crippen LogP contribution in [-0.4, -0.2) is 35.1 Å². The van der Waals surface area contributed by atoms with E-state index in [1.807, 2.05) is 0 Å². The molecule has 0 bridgehead atoms. The van der Waals surface area contributed by atoms with Gasteiger partial charge in [-0.2, -0.15) is 0 Å². The normalized spacial score (nSPS) is 12.7. The molecule has 1 aliphatic rings. The lowest BCUT2D eigenvalue weighted by Crippen LogP contribution is -2.32. The van der Waals surface area contributed by atoms with Crippen molar-refractivity contribution >= 4 is 29.4 Å². The van der Waals surface area contributed by atoms with E-state index in [1.165, 1.54) is 13.0 Å². The van der Waals surface area contributed by atoms with E-state index in [2.05, 4.69) is 5.32 Å². The molecule has 2 aromatic rings. The largest absolute Gasteiger partial charge is 0.427 e. The lowest BCUT2D eigenvalue weighted by Gasteiger charge is -2.13. The molecule has 1 N–H and O–H groups in total. The Hall–Kier alpha value is -3.48. The van der Waals surface area contributed by atoms with E-state index in [4.69, 9.17) is 4.74 Å². The zero-order valence-corrected chi connectivity index (χ0v) is 14.0. The molecule has 0 spiro atoms. The quantitative estimate of drug-likeness (QED) is 0.506. The first kappa shape index (κ1) is 17.3. The second-order valence-electron chi connectivity index (χ2n) is 5.73. The fraction of sp³-hybridized carbons (Fsp3) is 0.158. The topological polar surface area (TPSA) is 92.8 Å². The van der Waals surface area contributed by atoms with E-state index in [9.17, 15) is 19.2 Å². The lowest BCUT2D eigenvalue weighted by atomic mass is 10.1. The summed E-state index contributed by atoms with van der Waals surface area (Å²) in [5.74, 6) is -1.29. The fourth-order valence-corrected chi connectivity index (χ4v) is 2.68. The summed E-state index contributed by atoms with van der Waals surface area (Å²) in [6, 6.07) is 13.0. The highest BCUT2D eigenvalue weighted by atomic mass is 16.5. The zero-order valence-electron chi connectivity index (χ0n) is 14.0. The van der Waals surface area contributed by atoms with Crippen molar-refractivity contribution in [3.63, 3.8) is 0 Å². The van der Waals surface area contributed by atoms with Gasteiger partial charge in [0.2, 0.25) is 5.91 Å². The van der Waals surface area contributed by atoms with Gasteiger partial charge in [-0.05, 0) is 24.3 Å². The smallest absolute Gasteiger partial charge is 0.308 e. The highest BCUT2D eigenvalue weighted by Gasteiger charge is 2.34. The minimum atomic E-state index is -0.459. The average Bonchev–Trinajstić information content (AvgIpc) is 2.84. The predicted octanol–water partition coefficient (Wildman–Crippen LogP) is 2.24. The van der Waals surface area contributed by atoms with Gasteiger partial charge in [0.1, 0.15) is 5.75 Å². The number of nitrogens with zero attached hydrogens (tertiary/aromatic N) is 1. The van der Waals surface area contributed by atoms with E-state index in [-0.39, 0.29) is 18.9 Å².